The van der Waals surface area contributed by atoms with Gasteiger partial charge in [-0.25, -0.2) is 0 Å². The molecule has 1 rings (SSSR count). The molecule has 0 aromatic rings. The van der Waals surface area contributed by atoms with Crippen LogP contribution in [0.15, 0.2) is 12.2 Å². The Morgan fingerprint density at radius 3 is 1.96 bits per heavy atom. The molecular formula is C15H23N5O5. The molecule has 0 fully saturated rings. The molecule has 25 heavy (non-hydrogen) atoms. The van der Waals surface area contributed by atoms with Crippen molar-refractivity contribution in [2.24, 2.45) is 17.4 Å². The Labute approximate surface area is 144 Å². The standard InChI is InChI=1S/C15H23N5O5/c1-7(2)12(15(25)18-8(3)13(17)23)19-14(24)9(6-16)20-10(21)4-5-11(20)22/h4-5,7-9,12H,6,16H2,1-3H3,(H2,17,23)(H,18,25)(H,19,24). The highest BCUT2D eigenvalue weighted by Gasteiger charge is 2.37. The molecule has 6 N–H and O–H groups in total. The molecule has 0 radical (unpaired) electrons. The summed E-state index contributed by atoms with van der Waals surface area (Å²) < 4.78 is 0. The molecule has 138 valence electrons. The molecule has 0 saturated carbocycles. The maximum absolute atomic E-state index is 12.5. The molecule has 0 saturated heterocycles. The topological polar surface area (TPSA) is 165 Å². The van der Waals surface area contributed by atoms with Gasteiger partial charge in [-0.15, -0.1) is 0 Å². The van der Waals surface area contributed by atoms with Gasteiger partial charge in [-0.3, -0.25) is 28.9 Å². The van der Waals surface area contributed by atoms with Crippen LogP contribution in [0.5, 0.6) is 0 Å². The van der Waals surface area contributed by atoms with Gasteiger partial charge in [-0.2, -0.15) is 0 Å². The van der Waals surface area contributed by atoms with Crippen LogP contribution in [0.1, 0.15) is 20.8 Å². The van der Waals surface area contributed by atoms with E-state index in [4.69, 9.17) is 11.5 Å². The minimum Gasteiger partial charge on any atom is -0.368 e. The van der Waals surface area contributed by atoms with Crippen LogP contribution in [0.3, 0.4) is 0 Å². The molecule has 1 heterocycles. The average molecular weight is 353 g/mol. The fourth-order valence-corrected chi connectivity index (χ4v) is 2.21. The van der Waals surface area contributed by atoms with Crippen molar-refractivity contribution in [2.75, 3.05) is 6.54 Å². The average Bonchev–Trinajstić information content (AvgIpc) is 2.85. The first-order valence-electron chi connectivity index (χ1n) is 7.75. The third-order valence-corrected chi connectivity index (χ3v) is 3.71. The fourth-order valence-electron chi connectivity index (χ4n) is 2.21. The first-order valence-corrected chi connectivity index (χ1v) is 7.75. The largest absolute Gasteiger partial charge is 0.368 e. The van der Waals surface area contributed by atoms with E-state index < -0.39 is 47.7 Å². The van der Waals surface area contributed by atoms with Crippen LogP contribution in [-0.2, 0) is 24.0 Å². The molecular weight excluding hydrogens is 330 g/mol. The van der Waals surface area contributed by atoms with E-state index in [1.165, 1.54) is 6.92 Å². The monoisotopic (exact) mass is 353 g/mol. The number of carbonyl (C=O) groups excluding carboxylic acids is 5. The number of carbonyl (C=O) groups is 5. The number of hydrogen-bond acceptors (Lipinski definition) is 6. The molecule has 10 nitrogen and oxygen atoms in total. The maximum Gasteiger partial charge on any atom is 0.254 e. The molecule has 0 aromatic carbocycles. The lowest BCUT2D eigenvalue weighted by Crippen LogP contribution is -2.59. The highest BCUT2D eigenvalue weighted by atomic mass is 16.2. The van der Waals surface area contributed by atoms with Crippen LogP contribution in [0, 0.1) is 5.92 Å². The Kier molecular flexibility index (Phi) is 6.80. The molecule has 3 atom stereocenters. The van der Waals surface area contributed by atoms with Gasteiger partial charge in [0.1, 0.15) is 18.1 Å². The minimum atomic E-state index is -1.24. The first-order chi connectivity index (χ1) is 11.6. The highest BCUT2D eigenvalue weighted by Crippen LogP contribution is 2.10. The zero-order valence-electron chi connectivity index (χ0n) is 14.3. The molecule has 0 aliphatic carbocycles. The van der Waals surface area contributed by atoms with Crippen molar-refractivity contribution >= 4 is 29.5 Å². The van der Waals surface area contributed by atoms with Crippen LogP contribution in [0.2, 0.25) is 0 Å². The van der Waals surface area contributed by atoms with Gasteiger partial charge in [0.2, 0.25) is 17.7 Å². The summed E-state index contributed by atoms with van der Waals surface area (Å²) in [5, 5.41) is 4.86. The van der Waals surface area contributed by atoms with Crippen LogP contribution in [0.25, 0.3) is 0 Å². The third-order valence-electron chi connectivity index (χ3n) is 3.71. The molecule has 0 aromatic heterocycles. The number of primary amides is 1. The smallest absolute Gasteiger partial charge is 0.254 e. The predicted molar refractivity (Wildman–Crippen MR) is 87.4 cm³/mol. The summed E-state index contributed by atoms with van der Waals surface area (Å²) in [7, 11) is 0. The van der Waals surface area contributed by atoms with Crippen LogP contribution >= 0.6 is 0 Å². The summed E-state index contributed by atoms with van der Waals surface area (Å²) in [5.41, 5.74) is 10.6. The Bertz CT molecular complexity index is 597. The number of hydrogen-bond donors (Lipinski definition) is 4. The van der Waals surface area contributed by atoms with E-state index in [2.05, 4.69) is 10.6 Å². The third kappa shape index (κ3) is 4.86. The number of nitrogens with one attached hydrogen (secondary N) is 2. The van der Waals surface area contributed by atoms with Crippen molar-refractivity contribution in [2.45, 2.75) is 38.9 Å². The Morgan fingerprint density at radius 1 is 1.04 bits per heavy atom. The lowest BCUT2D eigenvalue weighted by atomic mass is 10.0. The summed E-state index contributed by atoms with van der Waals surface area (Å²) in [6.45, 7) is 4.49. The number of nitrogens with zero attached hydrogens (tertiary/aromatic N) is 1. The van der Waals surface area contributed by atoms with Crippen molar-refractivity contribution in [1.29, 1.82) is 0 Å². The summed E-state index contributed by atoms with van der Waals surface area (Å²) in [6.07, 6.45) is 2.08. The van der Waals surface area contributed by atoms with Crippen molar-refractivity contribution in [1.82, 2.24) is 15.5 Å². The number of amides is 5. The van der Waals surface area contributed by atoms with E-state index in [1.54, 1.807) is 13.8 Å². The molecule has 1 aliphatic rings. The van der Waals surface area contributed by atoms with Gasteiger partial charge in [-0.05, 0) is 12.8 Å². The second-order valence-electron chi connectivity index (χ2n) is 5.99. The summed E-state index contributed by atoms with van der Waals surface area (Å²) in [4.78, 5) is 60.0. The minimum absolute atomic E-state index is 0.297. The molecule has 3 unspecified atom stereocenters. The van der Waals surface area contributed by atoms with Crippen molar-refractivity contribution < 1.29 is 24.0 Å². The van der Waals surface area contributed by atoms with E-state index in [-0.39, 0.29) is 12.5 Å². The van der Waals surface area contributed by atoms with Crippen molar-refractivity contribution in [3.8, 4) is 0 Å². The van der Waals surface area contributed by atoms with Crippen molar-refractivity contribution in [3.63, 3.8) is 0 Å². The molecule has 0 spiro atoms. The summed E-state index contributed by atoms with van der Waals surface area (Å²) in [5.74, 6) is -3.70. The number of imide groups is 1. The zero-order valence-corrected chi connectivity index (χ0v) is 14.3. The number of nitrogens with two attached hydrogens (primary N) is 2. The van der Waals surface area contributed by atoms with Gasteiger partial charge in [0.15, 0.2) is 0 Å². The lowest BCUT2D eigenvalue weighted by molar-refractivity contribution is -0.145. The Morgan fingerprint density at radius 2 is 1.56 bits per heavy atom. The Balaban J connectivity index is 2.87. The highest BCUT2D eigenvalue weighted by molar-refractivity contribution is 6.15. The maximum atomic E-state index is 12.5. The zero-order chi connectivity index (χ0) is 19.3. The quantitative estimate of drug-likeness (QED) is 0.348. The van der Waals surface area contributed by atoms with Gasteiger partial charge < -0.3 is 22.1 Å². The van der Waals surface area contributed by atoms with Crippen LogP contribution in [0.4, 0.5) is 0 Å². The fraction of sp³-hybridized carbons (Fsp3) is 0.533. The van der Waals surface area contributed by atoms with Gasteiger partial charge >= 0.3 is 0 Å². The lowest BCUT2D eigenvalue weighted by Gasteiger charge is -2.28. The molecule has 10 heteroatoms. The van der Waals surface area contributed by atoms with Crippen molar-refractivity contribution in [3.05, 3.63) is 12.2 Å². The normalized spacial score (nSPS) is 17.4. The second-order valence-corrected chi connectivity index (χ2v) is 5.99. The van der Waals surface area contributed by atoms with E-state index in [9.17, 15) is 24.0 Å². The Hall–Kier alpha value is -2.75. The predicted octanol–water partition coefficient (Wildman–Crippen LogP) is -2.63. The second kappa shape index (κ2) is 8.38. The molecule has 5 amide bonds. The number of rotatable bonds is 8. The van der Waals surface area contributed by atoms with Crippen LogP contribution < -0.4 is 22.1 Å². The molecule has 1 aliphatic heterocycles. The summed E-state index contributed by atoms with van der Waals surface area (Å²) in [6, 6.07) is -3.15. The van der Waals surface area contributed by atoms with Gasteiger partial charge in [0, 0.05) is 18.7 Å². The van der Waals surface area contributed by atoms with E-state index >= 15 is 0 Å². The SMILES string of the molecule is CC(NC(=O)C(NC(=O)C(CN)N1C(=O)C=CC1=O)C(C)C)C(N)=O. The van der Waals surface area contributed by atoms with E-state index in [1.807, 2.05) is 0 Å². The van der Waals surface area contributed by atoms with Gasteiger partial charge in [0.25, 0.3) is 11.8 Å². The molecule has 0 bridgehead atoms. The van der Waals surface area contributed by atoms with Gasteiger partial charge in [-0.1, -0.05) is 13.8 Å². The first kappa shape index (κ1) is 20.3. The van der Waals surface area contributed by atoms with E-state index in [0.29, 0.717) is 0 Å². The van der Waals surface area contributed by atoms with E-state index in [0.717, 1.165) is 17.1 Å². The van der Waals surface area contributed by atoms with Crippen LogP contribution in [-0.4, -0.2) is 59.1 Å². The summed E-state index contributed by atoms with van der Waals surface area (Å²) >= 11 is 0. The van der Waals surface area contributed by atoms with Gasteiger partial charge in [0.05, 0.1) is 0 Å².